The van der Waals surface area contributed by atoms with Gasteiger partial charge in [-0.3, -0.25) is 9.98 Å². The Morgan fingerprint density at radius 1 is 0.622 bits per heavy atom. The number of aromatic amines is 2. The van der Waals surface area contributed by atoms with Crippen LogP contribution in [0.4, 0.5) is 11.4 Å². The van der Waals surface area contributed by atoms with Crippen LogP contribution in [0.1, 0.15) is 52.2 Å². The summed E-state index contributed by atoms with van der Waals surface area (Å²) < 4.78 is 0. The third-order valence-electron chi connectivity index (χ3n) is 5.74. The number of aromatic nitrogens is 4. The van der Waals surface area contributed by atoms with Crippen molar-refractivity contribution in [3.63, 3.8) is 0 Å². The van der Waals surface area contributed by atoms with Crippen molar-refractivity contribution in [3.05, 3.63) is 105 Å². The second-order valence-electron chi connectivity index (χ2n) is 8.97. The van der Waals surface area contributed by atoms with Crippen molar-refractivity contribution >= 4 is 61.3 Å². The number of aryl methyl sites for hydroxylation is 2. The average Bonchev–Trinajstić information content (AvgIpc) is 3.64. The van der Waals surface area contributed by atoms with Gasteiger partial charge in [-0.05, 0) is 97.3 Å². The standard InChI is InChI=1S/C31H28N6/c1-5-25-15-27-8-9-29(37-27)17-30-13-23(18-32-30)10-20(2)34-22(4)12-26-6-7-28(36-26)16-31-14-24(19-33-31)11-21(3)35-25/h6-19,34-35H,2,4-5H2,1,3H3. The summed E-state index contributed by atoms with van der Waals surface area (Å²) >= 11 is 0. The molecule has 37 heavy (non-hydrogen) atoms. The Hall–Kier alpha value is -4.84. The van der Waals surface area contributed by atoms with Gasteiger partial charge in [-0.25, -0.2) is 9.97 Å². The van der Waals surface area contributed by atoms with Gasteiger partial charge in [-0.2, -0.15) is 0 Å². The summed E-state index contributed by atoms with van der Waals surface area (Å²) in [7, 11) is 0. The first-order chi connectivity index (χ1) is 17.9. The lowest BCUT2D eigenvalue weighted by Gasteiger charge is -1.96. The van der Waals surface area contributed by atoms with E-state index in [1.54, 1.807) is 0 Å². The Morgan fingerprint density at radius 3 is 1.73 bits per heavy atom. The largest absolute Gasteiger partial charge is 0.362 e. The van der Waals surface area contributed by atoms with Crippen LogP contribution in [-0.4, -0.2) is 32.4 Å². The molecule has 0 atom stereocenters. The number of H-pyrrole nitrogens is 2. The van der Waals surface area contributed by atoms with Crippen molar-refractivity contribution in [1.29, 1.82) is 0 Å². The Labute approximate surface area is 216 Å². The summed E-state index contributed by atoms with van der Waals surface area (Å²) in [6.07, 6.45) is 12.5. The van der Waals surface area contributed by atoms with Crippen LogP contribution in [0, 0.1) is 6.92 Å². The van der Waals surface area contributed by atoms with Gasteiger partial charge in [0, 0.05) is 34.5 Å². The lowest BCUT2D eigenvalue weighted by atomic mass is 10.2. The highest BCUT2D eigenvalue weighted by Crippen LogP contribution is 2.21. The van der Waals surface area contributed by atoms with Crippen LogP contribution in [0.2, 0.25) is 0 Å². The molecule has 182 valence electrons. The predicted octanol–water partition coefficient (Wildman–Crippen LogP) is 5.54. The SMILES string of the molecule is C=c1cc2cc(cc3nc(cc(CC)[nH]c(C)cc4cc(cc5nc(cc(=C)[nH]1)C=C5)N=C4)C=C3)N=C2. The summed E-state index contributed by atoms with van der Waals surface area (Å²) in [6.45, 7) is 12.4. The summed E-state index contributed by atoms with van der Waals surface area (Å²) in [5.41, 5.74) is 9.19. The molecule has 6 heteroatoms. The van der Waals surface area contributed by atoms with E-state index < -0.39 is 0 Å². The van der Waals surface area contributed by atoms with E-state index in [2.05, 4.69) is 57.2 Å². The molecule has 0 aromatic carbocycles. The third-order valence-corrected chi connectivity index (χ3v) is 5.74. The van der Waals surface area contributed by atoms with E-state index in [0.717, 1.165) is 63.1 Å². The third kappa shape index (κ3) is 6.24. The first kappa shape index (κ1) is 23.9. The topological polar surface area (TPSA) is 82.1 Å². The number of nitrogens with zero attached hydrogens (tertiary/aromatic N) is 4. The van der Waals surface area contributed by atoms with E-state index >= 15 is 0 Å². The lowest BCUT2D eigenvalue weighted by molar-refractivity contribution is 1.01. The van der Waals surface area contributed by atoms with Crippen LogP contribution in [0.5, 0.6) is 0 Å². The molecule has 0 radical (unpaired) electrons. The highest BCUT2D eigenvalue weighted by molar-refractivity contribution is 5.88. The number of hydrogen-bond acceptors (Lipinski definition) is 4. The van der Waals surface area contributed by atoms with Crippen LogP contribution in [0.3, 0.4) is 0 Å². The molecule has 8 bridgehead atoms. The maximum Gasteiger partial charge on any atom is 0.0659 e. The average molecular weight is 485 g/mol. The molecule has 4 aliphatic rings. The minimum Gasteiger partial charge on any atom is -0.362 e. The molecule has 5 heterocycles. The van der Waals surface area contributed by atoms with Gasteiger partial charge in [0.1, 0.15) is 0 Å². The first-order valence-corrected chi connectivity index (χ1v) is 12.1. The molecule has 0 saturated heterocycles. The Bertz CT molecular complexity index is 1710. The number of hydrogen-bond donors (Lipinski definition) is 2. The van der Waals surface area contributed by atoms with Crippen molar-refractivity contribution in [1.82, 2.24) is 19.9 Å². The van der Waals surface area contributed by atoms with Gasteiger partial charge in [0.05, 0.1) is 34.2 Å². The van der Waals surface area contributed by atoms with E-state index in [1.165, 1.54) is 0 Å². The van der Waals surface area contributed by atoms with Gasteiger partial charge in [0.25, 0.3) is 0 Å². The van der Waals surface area contributed by atoms with E-state index in [0.29, 0.717) is 10.7 Å². The van der Waals surface area contributed by atoms with Crippen LogP contribution >= 0.6 is 0 Å². The second kappa shape index (κ2) is 10.4. The highest BCUT2D eigenvalue weighted by Gasteiger charge is 2.03. The smallest absolute Gasteiger partial charge is 0.0659 e. The lowest BCUT2D eigenvalue weighted by Crippen LogP contribution is -2.13. The molecule has 5 rings (SSSR count). The van der Waals surface area contributed by atoms with Crippen LogP contribution < -0.4 is 10.7 Å². The molecule has 0 fully saturated rings. The minimum absolute atomic E-state index is 0.696. The van der Waals surface area contributed by atoms with Gasteiger partial charge in [-0.1, -0.05) is 20.1 Å². The number of fused-ring (bicyclic) bond motifs is 8. The highest BCUT2D eigenvalue weighted by atomic mass is 14.8. The fraction of sp³-hybridized carbons (Fsp3) is 0.0968. The second-order valence-corrected chi connectivity index (χ2v) is 8.97. The molecular formula is C31H28N6. The maximum atomic E-state index is 4.73. The molecule has 1 aromatic heterocycles. The van der Waals surface area contributed by atoms with Gasteiger partial charge < -0.3 is 9.97 Å². The summed E-state index contributed by atoms with van der Waals surface area (Å²) in [5, 5.41) is 1.41. The predicted molar refractivity (Wildman–Crippen MR) is 156 cm³/mol. The molecule has 0 unspecified atom stereocenters. The molecule has 0 amide bonds. The van der Waals surface area contributed by atoms with E-state index in [1.807, 2.05) is 80.1 Å². The monoisotopic (exact) mass is 484 g/mol. The molecule has 4 aliphatic heterocycles. The Morgan fingerprint density at radius 2 is 1.14 bits per heavy atom. The molecule has 6 nitrogen and oxygen atoms in total. The van der Waals surface area contributed by atoms with Crippen molar-refractivity contribution in [2.75, 3.05) is 0 Å². The zero-order valence-corrected chi connectivity index (χ0v) is 21.0. The van der Waals surface area contributed by atoms with Crippen molar-refractivity contribution < 1.29 is 0 Å². The van der Waals surface area contributed by atoms with E-state index in [4.69, 9.17) is 4.98 Å². The fourth-order valence-corrected chi connectivity index (χ4v) is 4.12. The summed E-state index contributed by atoms with van der Waals surface area (Å²) in [4.78, 5) is 25.1. The number of nitrogens with one attached hydrogen (secondary N) is 2. The minimum atomic E-state index is 0.696. The Balaban J connectivity index is 1.71. The van der Waals surface area contributed by atoms with Crippen LogP contribution in [-0.2, 0) is 6.42 Å². The van der Waals surface area contributed by atoms with Crippen LogP contribution in [0.15, 0.2) is 58.5 Å². The molecule has 1 aromatic rings. The van der Waals surface area contributed by atoms with Crippen LogP contribution in [0.25, 0.3) is 37.5 Å². The zero-order valence-electron chi connectivity index (χ0n) is 21.0. The normalized spacial score (nSPS) is 12.5. The molecule has 0 saturated carbocycles. The molecule has 0 spiro atoms. The molecule has 2 N–H and O–H groups in total. The first-order valence-electron chi connectivity index (χ1n) is 12.1. The van der Waals surface area contributed by atoms with E-state index in [9.17, 15) is 0 Å². The molecular weight excluding hydrogens is 456 g/mol. The van der Waals surface area contributed by atoms with Crippen molar-refractivity contribution in [2.24, 2.45) is 9.98 Å². The van der Waals surface area contributed by atoms with Crippen molar-refractivity contribution in [3.8, 4) is 0 Å². The fourth-order valence-electron chi connectivity index (χ4n) is 4.12. The maximum absolute atomic E-state index is 4.73. The van der Waals surface area contributed by atoms with Gasteiger partial charge in [-0.15, -0.1) is 0 Å². The molecule has 0 aliphatic carbocycles. The van der Waals surface area contributed by atoms with E-state index in [-0.39, 0.29) is 0 Å². The van der Waals surface area contributed by atoms with Gasteiger partial charge >= 0.3 is 0 Å². The quantitative estimate of drug-likeness (QED) is 0.327. The summed E-state index contributed by atoms with van der Waals surface area (Å²) in [5.74, 6) is 0. The van der Waals surface area contributed by atoms with Crippen molar-refractivity contribution in [2.45, 2.75) is 20.3 Å². The van der Waals surface area contributed by atoms with Gasteiger partial charge in [0.15, 0.2) is 0 Å². The number of rotatable bonds is 1. The number of aliphatic imine (C=N–C) groups is 2. The zero-order chi connectivity index (χ0) is 25.8. The van der Waals surface area contributed by atoms with Gasteiger partial charge in [0.2, 0.25) is 0 Å². The Kier molecular flexibility index (Phi) is 6.72. The summed E-state index contributed by atoms with van der Waals surface area (Å²) in [6, 6.07) is 15.9.